The lowest BCUT2D eigenvalue weighted by Gasteiger charge is -2.29. The van der Waals surface area contributed by atoms with E-state index in [1.807, 2.05) is 47.4 Å². The molecule has 2 fully saturated rings. The SMILES string of the molecule is O=C1CN(c2nccc(Oc3ccc(CC(=O)c4cc(F)cc(N5CCCCC5)c4)c4ccccc34)n2)CCN1. The van der Waals surface area contributed by atoms with E-state index in [9.17, 15) is 14.0 Å². The van der Waals surface area contributed by atoms with Gasteiger partial charge in [-0.05, 0) is 54.5 Å². The molecular formula is C31H30FN5O3. The molecule has 2 aliphatic rings. The molecule has 2 saturated heterocycles. The standard InChI is InChI=1S/C31H30FN5O3/c32-23-16-22(17-24(19-23)36-13-4-1-5-14-36)27(38)18-21-8-9-28(26-7-3-2-6-25(21)26)40-30-10-11-34-31(35-30)37-15-12-33-29(39)20-37/h2-3,6-11,16-17,19H,1,4-5,12-15,18,20H2,(H,33,39). The molecule has 0 unspecified atom stereocenters. The van der Waals surface area contributed by atoms with Gasteiger partial charge < -0.3 is 19.9 Å². The highest BCUT2D eigenvalue weighted by atomic mass is 19.1. The molecule has 2 aliphatic heterocycles. The second-order valence-corrected chi connectivity index (χ2v) is 10.2. The van der Waals surface area contributed by atoms with Crippen LogP contribution >= 0.6 is 0 Å². The highest BCUT2D eigenvalue weighted by Gasteiger charge is 2.20. The molecule has 9 heteroatoms. The predicted molar refractivity (Wildman–Crippen MR) is 152 cm³/mol. The third-order valence-corrected chi connectivity index (χ3v) is 7.40. The van der Waals surface area contributed by atoms with Crippen LogP contribution in [0.2, 0.25) is 0 Å². The molecule has 0 atom stereocenters. The van der Waals surface area contributed by atoms with Gasteiger partial charge in [0.1, 0.15) is 11.6 Å². The fourth-order valence-corrected chi connectivity index (χ4v) is 5.39. The van der Waals surface area contributed by atoms with Gasteiger partial charge in [0.15, 0.2) is 5.78 Å². The Labute approximate surface area is 231 Å². The van der Waals surface area contributed by atoms with Gasteiger partial charge in [0.2, 0.25) is 17.7 Å². The number of ether oxygens (including phenoxy) is 1. The maximum Gasteiger partial charge on any atom is 0.239 e. The number of nitrogens with zero attached hydrogens (tertiary/aromatic N) is 4. The number of benzene rings is 3. The number of anilines is 2. The van der Waals surface area contributed by atoms with Crippen LogP contribution in [0.3, 0.4) is 0 Å². The minimum Gasteiger partial charge on any atom is -0.438 e. The lowest BCUT2D eigenvalue weighted by molar-refractivity contribution is -0.120. The number of aromatic nitrogens is 2. The van der Waals surface area contributed by atoms with E-state index < -0.39 is 5.82 Å². The lowest BCUT2D eigenvalue weighted by Crippen LogP contribution is -2.48. The normalized spacial score (nSPS) is 15.7. The van der Waals surface area contributed by atoms with Crippen LogP contribution in [-0.4, -0.2) is 54.4 Å². The van der Waals surface area contributed by atoms with Crippen LogP contribution in [0.4, 0.5) is 16.0 Å². The van der Waals surface area contributed by atoms with Gasteiger partial charge in [0.05, 0.1) is 6.54 Å². The van der Waals surface area contributed by atoms with E-state index in [-0.39, 0.29) is 24.7 Å². The highest BCUT2D eigenvalue weighted by molar-refractivity contribution is 6.01. The van der Waals surface area contributed by atoms with E-state index in [2.05, 4.69) is 20.2 Å². The second kappa shape index (κ2) is 11.3. The van der Waals surface area contributed by atoms with Crippen molar-refractivity contribution in [3.8, 4) is 11.6 Å². The first-order chi connectivity index (χ1) is 19.5. The number of carbonyl (C=O) groups excluding carboxylic acids is 2. The molecule has 1 amide bonds. The number of halogens is 1. The number of hydrogen-bond acceptors (Lipinski definition) is 7. The number of hydrogen-bond donors (Lipinski definition) is 1. The van der Waals surface area contributed by atoms with Crippen LogP contribution in [0.1, 0.15) is 35.2 Å². The van der Waals surface area contributed by atoms with Gasteiger partial charge in [0.25, 0.3) is 0 Å². The van der Waals surface area contributed by atoms with Gasteiger partial charge in [-0.1, -0.05) is 30.3 Å². The van der Waals surface area contributed by atoms with Crippen molar-refractivity contribution >= 4 is 34.1 Å². The first-order valence-corrected chi connectivity index (χ1v) is 13.7. The number of nitrogens with one attached hydrogen (secondary N) is 1. The zero-order valence-corrected chi connectivity index (χ0v) is 22.1. The molecule has 6 rings (SSSR count). The van der Waals surface area contributed by atoms with Crippen molar-refractivity contribution < 1.29 is 18.7 Å². The minimum atomic E-state index is -0.394. The summed E-state index contributed by atoms with van der Waals surface area (Å²) in [7, 11) is 0. The molecule has 8 nitrogen and oxygen atoms in total. The van der Waals surface area contributed by atoms with Crippen LogP contribution in [0.15, 0.2) is 66.9 Å². The van der Waals surface area contributed by atoms with Gasteiger partial charge in [-0.15, -0.1) is 0 Å². The topological polar surface area (TPSA) is 87.7 Å². The van der Waals surface area contributed by atoms with E-state index >= 15 is 0 Å². The first kappa shape index (κ1) is 25.7. The fourth-order valence-electron chi connectivity index (χ4n) is 5.39. The summed E-state index contributed by atoms with van der Waals surface area (Å²) < 4.78 is 20.7. The van der Waals surface area contributed by atoms with Crippen LogP contribution in [0, 0.1) is 5.82 Å². The molecule has 0 saturated carbocycles. The summed E-state index contributed by atoms with van der Waals surface area (Å²) >= 11 is 0. The Morgan fingerprint density at radius 2 is 1.77 bits per heavy atom. The molecule has 1 aromatic heterocycles. The van der Waals surface area contributed by atoms with Gasteiger partial charge in [-0.3, -0.25) is 9.59 Å². The van der Waals surface area contributed by atoms with E-state index in [1.54, 1.807) is 12.3 Å². The molecular weight excluding hydrogens is 509 g/mol. The van der Waals surface area contributed by atoms with Crippen molar-refractivity contribution in [3.63, 3.8) is 0 Å². The number of ketones is 1. The predicted octanol–water partition coefficient (Wildman–Crippen LogP) is 4.91. The van der Waals surface area contributed by atoms with Gasteiger partial charge in [-0.2, -0.15) is 4.98 Å². The first-order valence-electron chi connectivity index (χ1n) is 13.7. The maximum atomic E-state index is 14.5. The Morgan fingerprint density at radius 3 is 2.60 bits per heavy atom. The van der Waals surface area contributed by atoms with E-state index in [4.69, 9.17) is 4.74 Å². The molecule has 40 heavy (non-hydrogen) atoms. The number of rotatable bonds is 7. The number of amides is 1. The van der Waals surface area contributed by atoms with Crippen molar-refractivity contribution in [2.24, 2.45) is 0 Å². The van der Waals surface area contributed by atoms with Crippen molar-refractivity contribution in [1.29, 1.82) is 0 Å². The average molecular weight is 540 g/mol. The third kappa shape index (κ3) is 5.59. The fraction of sp³-hybridized carbons (Fsp3) is 0.290. The van der Waals surface area contributed by atoms with Crippen LogP contribution in [0.5, 0.6) is 11.6 Å². The average Bonchev–Trinajstić information content (AvgIpc) is 2.98. The Kier molecular flexibility index (Phi) is 7.27. The lowest BCUT2D eigenvalue weighted by atomic mass is 9.96. The van der Waals surface area contributed by atoms with Crippen LogP contribution < -0.4 is 19.9 Å². The molecule has 0 aliphatic carbocycles. The van der Waals surface area contributed by atoms with Gasteiger partial charge in [0, 0.05) is 61.5 Å². The molecule has 3 aromatic carbocycles. The minimum absolute atomic E-state index is 0.0711. The smallest absolute Gasteiger partial charge is 0.239 e. The van der Waals surface area contributed by atoms with Crippen LogP contribution in [-0.2, 0) is 11.2 Å². The summed E-state index contributed by atoms with van der Waals surface area (Å²) in [6.07, 6.45) is 5.08. The van der Waals surface area contributed by atoms with Crippen molar-refractivity contribution in [2.75, 3.05) is 42.5 Å². The Morgan fingerprint density at radius 1 is 0.950 bits per heavy atom. The molecule has 4 aromatic rings. The number of piperazine rings is 1. The summed E-state index contributed by atoms with van der Waals surface area (Å²) in [6.45, 7) is 3.10. The Bertz CT molecular complexity index is 1570. The quantitative estimate of drug-likeness (QED) is 0.334. The number of carbonyl (C=O) groups is 2. The summed E-state index contributed by atoms with van der Waals surface area (Å²) in [5.41, 5.74) is 1.98. The monoisotopic (exact) mass is 539 g/mol. The van der Waals surface area contributed by atoms with Gasteiger partial charge >= 0.3 is 0 Å². The third-order valence-electron chi connectivity index (χ3n) is 7.40. The summed E-state index contributed by atoms with van der Waals surface area (Å²) in [6, 6.07) is 17.7. The largest absolute Gasteiger partial charge is 0.438 e. The van der Waals surface area contributed by atoms with Crippen molar-refractivity contribution in [1.82, 2.24) is 15.3 Å². The maximum absolute atomic E-state index is 14.5. The van der Waals surface area contributed by atoms with Crippen LogP contribution in [0.25, 0.3) is 10.8 Å². The highest BCUT2D eigenvalue weighted by Crippen LogP contribution is 2.33. The number of piperidine rings is 1. The molecule has 1 N–H and O–H groups in total. The molecule has 204 valence electrons. The summed E-state index contributed by atoms with van der Waals surface area (Å²) in [5, 5.41) is 4.50. The number of Topliss-reactive ketones (excluding diaryl/α,β-unsaturated/α-hetero) is 1. The van der Waals surface area contributed by atoms with E-state index in [1.165, 1.54) is 18.6 Å². The Balaban J connectivity index is 1.24. The Hall–Kier alpha value is -4.53. The van der Waals surface area contributed by atoms with Crippen molar-refractivity contribution in [2.45, 2.75) is 25.7 Å². The second-order valence-electron chi connectivity index (χ2n) is 10.2. The molecule has 0 radical (unpaired) electrons. The van der Waals surface area contributed by atoms with E-state index in [0.29, 0.717) is 36.2 Å². The van der Waals surface area contributed by atoms with Gasteiger partial charge in [-0.25, -0.2) is 9.37 Å². The summed E-state index contributed by atoms with van der Waals surface area (Å²) in [5.74, 6) is 0.772. The molecule has 3 heterocycles. The van der Waals surface area contributed by atoms with Crippen molar-refractivity contribution in [3.05, 3.63) is 83.8 Å². The zero-order valence-electron chi connectivity index (χ0n) is 22.1. The summed E-state index contributed by atoms with van der Waals surface area (Å²) in [4.78, 5) is 37.9. The van der Waals surface area contributed by atoms with E-state index in [0.717, 1.165) is 48.0 Å². The molecule has 0 spiro atoms. The number of fused-ring (bicyclic) bond motifs is 1. The molecule has 0 bridgehead atoms. The zero-order chi connectivity index (χ0) is 27.5.